The second-order valence-corrected chi connectivity index (χ2v) is 5.29. The molecule has 4 aliphatic carbocycles. The highest BCUT2D eigenvalue weighted by atomic mass is 14.8. The van der Waals surface area contributed by atoms with Crippen molar-refractivity contribution in [1.82, 2.24) is 0 Å². The van der Waals surface area contributed by atoms with Crippen molar-refractivity contribution in [3.63, 3.8) is 0 Å². The molecule has 0 saturated heterocycles. The van der Waals surface area contributed by atoms with Gasteiger partial charge in [-0.1, -0.05) is 6.92 Å². The van der Waals surface area contributed by atoms with Crippen molar-refractivity contribution in [2.75, 3.05) is 0 Å². The molecule has 0 aromatic carbocycles. The van der Waals surface area contributed by atoms with Gasteiger partial charge in [0.2, 0.25) is 0 Å². The summed E-state index contributed by atoms with van der Waals surface area (Å²) in [6, 6.07) is 0. The van der Waals surface area contributed by atoms with E-state index in [4.69, 9.17) is 0 Å². The van der Waals surface area contributed by atoms with Crippen LogP contribution in [0.5, 0.6) is 0 Å². The van der Waals surface area contributed by atoms with Gasteiger partial charge in [-0.25, -0.2) is 0 Å². The Morgan fingerprint density at radius 1 is 1.20 bits per heavy atom. The summed E-state index contributed by atoms with van der Waals surface area (Å²) in [5.41, 5.74) is 1.00. The molecule has 4 aliphatic rings. The maximum absolute atomic E-state index is 2.49. The highest BCUT2D eigenvalue weighted by Gasteiger charge is 2.80. The molecule has 0 radical (unpaired) electrons. The summed E-state index contributed by atoms with van der Waals surface area (Å²) in [6.07, 6.45) is 4.90. The Morgan fingerprint density at radius 2 is 2.10 bits per heavy atom. The zero-order valence-corrected chi connectivity index (χ0v) is 6.51. The van der Waals surface area contributed by atoms with Crippen molar-refractivity contribution < 1.29 is 0 Å². The Balaban J connectivity index is 1.84. The highest BCUT2D eigenvalue weighted by Crippen LogP contribution is 2.86. The first-order valence-corrected chi connectivity index (χ1v) is 4.83. The second kappa shape index (κ2) is 1.00. The third-order valence-corrected chi connectivity index (χ3v) is 5.39. The highest BCUT2D eigenvalue weighted by molar-refractivity contribution is 5.28. The van der Waals surface area contributed by atoms with Gasteiger partial charge in [-0.05, 0) is 54.3 Å². The molecule has 6 unspecified atom stereocenters. The molecule has 4 saturated carbocycles. The molecule has 10 heavy (non-hydrogen) atoms. The van der Waals surface area contributed by atoms with Gasteiger partial charge in [0.15, 0.2) is 0 Å². The molecule has 6 atom stereocenters. The molecule has 0 bridgehead atoms. The average Bonchev–Trinajstić information content (AvgIpc) is 2.54. The maximum atomic E-state index is 2.49. The smallest absolute Gasteiger partial charge is 0.0229 e. The van der Waals surface area contributed by atoms with Crippen molar-refractivity contribution in [1.29, 1.82) is 0 Å². The summed E-state index contributed by atoms with van der Waals surface area (Å²) < 4.78 is 0. The number of hydrogen-bond donors (Lipinski definition) is 0. The van der Waals surface area contributed by atoms with E-state index >= 15 is 0 Å². The minimum atomic E-state index is 1.00. The molecule has 4 rings (SSSR count). The van der Waals surface area contributed by atoms with Gasteiger partial charge in [-0.3, -0.25) is 0 Å². The summed E-state index contributed by atoms with van der Waals surface area (Å²) in [6.45, 7) is 2.49. The van der Waals surface area contributed by atoms with Crippen LogP contribution in [0.2, 0.25) is 0 Å². The van der Waals surface area contributed by atoms with Gasteiger partial charge in [0.05, 0.1) is 0 Å². The van der Waals surface area contributed by atoms with Crippen molar-refractivity contribution >= 4 is 0 Å². The lowest BCUT2D eigenvalue weighted by molar-refractivity contribution is -0.132. The number of hydrogen-bond acceptors (Lipinski definition) is 0. The van der Waals surface area contributed by atoms with E-state index in [1.807, 2.05) is 0 Å². The molecule has 1 spiro atoms. The van der Waals surface area contributed by atoms with E-state index in [-0.39, 0.29) is 0 Å². The first-order chi connectivity index (χ1) is 4.83. The molecule has 4 fully saturated rings. The topological polar surface area (TPSA) is 0 Å². The number of rotatable bonds is 0. The summed E-state index contributed by atoms with van der Waals surface area (Å²) in [5, 5.41) is 0. The van der Waals surface area contributed by atoms with Crippen molar-refractivity contribution in [2.24, 2.45) is 35.0 Å². The van der Waals surface area contributed by atoms with E-state index in [0.717, 1.165) is 11.3 Å². The predicted octanol–water partition coefficient (Wildman–Crippen LogP) is 2.30. The van der Waals surface area contributed by atoms with Gasteiger partial charge < -0.3 is 0 Å². The second-order valence-electron chi connectivity index (χ2n) is 5.29. The van der Waals surface area contributed by atoms with E-state index in [2.05, 4.69) is 6.92 Å². The summed E-state index contributed by atoms with van der Waals surface area (Å²) in [4.78, 5) is 0. The molecular weight excluding hydrogens is 120 g/mol. The fraction of sp³-hybridized carbons (Fsp3) is 1.00. The van der Waals surface area contributed by atoms with Gasteiger partial charge in [0.1, 0.15) is 0 Å². The average molecular weight is 134 g/mol. The minimum Gasteiger partial charge on any atom is -0.0620 e. The molecule has 54 valence electrons. The van der Waals surface area contributed by atoms with Crippen LogP contribution >= 0.6 is 0 Å². The molecule has 0 heterocycles. The van der Waals surface area contributed by atoms with Crippen molar-refractivity contribution in [3.05, 3.63) is 0 Å². The van der Waals surface area contributed by atoms with E-state index in [1.54, 1.807) is 19.3 Å². The summed E-state index contributed by atoms with van der Waals surface area (Å²) in [5.74, 6) is 6.02. The monoisotopic (exact) mass is 134 g/mol. The van der Waals surface area contributed by atoms with Crippen LogP contribution in [0, 0.1) is 35.0 Å². The van der Waals surface area contributed by atoms with Crippen LogP contribution in [0.15, 0.2) is 0 Å². The SMILES string of the molecule is CC1C2CC3CC34CC1C24. The van der Waals surface area contributed by atoms with Crippen LogP contribution in [0.3, 0.4) is 0 Å². The van der Waals surface area contributed by atoms with Crippen LogP contribution in [-0.4, -0.2) is 0 Å². The minimum absolute atomic E-state index is 1.00. The van der Waals surface area contributed by atoms with Gasteiger partial charge in [-0.15, -0.1) is 0 Å². The first kappa shape index (κ1) is 4.79. The normalized spacial score (nSPS) is 80.7. The quantitative estimate of drug-likeness (QED) is 0.477. The Bertz CT molecular complexity index is 220. The van der Waals surface area contributed by atoms with Crippen molar-refractivity contribution in [2.45, 2.75) is 26.2 Å². The van der Waals surface area contributed by atoms with Crippen LogP contribution in [0.25, 0.3) is 0 Å². The molecule has 0 heteroatoms. The van der Waals surface area contributed by atoms with Gasteiger partial charge >= 0.3 is 0 Å². The zero-order valence-electron chi connectivity index (χ0n) is 6.51. The summed E-state index contributed by atoms with van der Waals surface area (Å²) >= 11 is 0. The maximum Gasteiger partial charge on any atom is -0.0229 e. The molecule has 0 aromatic rings. The molecule has 0 N–H and O–H groups in total. The Hall–Kier alpha value is 0. The van der Waals surface area contributed by atoms with E-state index in [1.165, 1.54) is 23.7 Å². The lowest BCUT2D eigenvalue weighted by atomic mass is 9.44. The zero-order chi connectivity index (χ0) is 6.51. The standard InChI is InChI=1S/C10H14/c1-5-7-2-6-3-10(6)4-8(5)9(7)10/h5-9H,2-4H2,1H3. The lowest BCUT2D eigenvalue weighted by Gasteiger charge is -2.61. The lowest BCUT2D eigenvalue weighted by Crippen LogP contribution is -2.55. The molecule has 0 aromatic heterocycles. The largest absolute Gasteiger partial charge is 0.0620 e. The van der Waals surface area contributed by atoms with Gasteiger partial charge in [-0.2, -0.15) is 0 Å². The Labute approximate surface area is 62.0 Å². The summed E-state index contributed by atoms with van der Waals surface area (Å²) in [7, 11) is 0. The molecule has 0 nitrogen and oxygen atoms in total. The van der Waals surface area contributed by atoms with Gasteiger partial charge in [0.25, 0.3) is 0 Å². The van der Waals surface area contributed by atoms with Crippen LogP contribution < -0.4 is 0 Å². The van der Waals surface area contributed by atoms with Crippen LogP contribution in [0.1, 0.15) is 26.2 Å². The molecule has 0 aliphatic heterocycles. The van der Waals surface area contributed by atoms with Crippen LogP contribution in [0.4, 0.5) is 0 Å². The Morgan fingerprint density at radius 3 is 2.90 bits per heavy atom. The van der Waals surface area contributed by atoms with E-state index < -0.39 is 0 Å². The molecular formula is C10H14. The van der Waals surface area contributed by atoms with Crippen LogP contribution in [-0.2, 0) is 0 Å². The third-order valence-electron chi connectivity index (χ3n) is 5.39. The first-order valence-electron chi connectivity index (χ1n) is 4.83. The fourth-order valence-electron chi connectivity index (χ4n) is 4.79. The van der Waals surface area contributed by atoms with E-state index in [9.17, 15) is 0 Å². The van der Waals surface area contributed by atoms with Gasteiger partial charge in [0, 0.05) is 0 Å². The van der Waals surface area contributed by atoms with E-state index in [0.29, 0.717) is 0 Å². The Kier molecular flexibility index (Phi) is 0.479. The fourth-order valence-corrected chi connectivity index (χ4v) is 4.79. The predicted molar refractivity (Wildman–Crippen MR) is 39.4 cm³/mol. The molecule has 0 amide bonds. The van der Waals surface area contributed by atoms with Crippen molar-refractivity contribution in [3.8, 4) is 0 Å². The third kappa shape index (κ3) is 0.245.